The van der Waals surface area contributed by atoms with E-state index < -0.39 is 23.6 Å². The minimum Gasteiger partial charge on any atom is -0.377 e. The molecule has 2 atom stereocenters. The highest BCUT2D eigenvalue weighted by Crippen LogP contribution is 2.53. The smallest absolute Gasteiger partial charge is 0.377 e. The SMILES string of the molecule is CC[C@@H](Nc1c(C#N)cnc2c(Cl)cc(N[C@H](C3=CN(C4(C(F)(F)F)CC4)NN3)c3ccc(F)cc3)cc12)c1ccccc1. The third-order valence-electron chi connectivity index (χ3n) is 8.10. The lowest BCUT2D eigenvalue weighted by atomic mass is 10.0. The number of hydrogen-bond acceptors (Lipinski definition) is 7. The zero-order valence-electron chi connectivity index (χ0n) is 23.5. The van der Waals surface area contributed by atoms with Gasteiger partial charge in [-0.25, -0.2) is 4.39 Å². The number of alkyl halides is 3. The number of pyridine rings is 1. The van der Waals surface area contributed by atoms with Crippen molar-refractivity contribution in [1.29, 1.82) is 5.26 Å². The molecule has 2 aliphatic rings. The summed E-state index contributed by atoms with van der Waals surface area (Å²) in [6, 6.07) is 20.4. The van der Waals surface area contributed by atoms with Crippen LogP contribution in [0.2, 0.25) is 5.02 Å². The minimum atomic E-state index is -4.43. The van der Waals surface area contributed by atoms with Gasteiger partial charge in [-0.1, -0.05) is 61.0 Å². The van der Waals surface area contributed by atoms with Crippen LogP contribution in [-0.2, 0) is 0 Å². The number of halogens is 5. The molecule has 0 amide bonds. The Kier molecular flexibility index (Phi) is 7.73. The fourth-order valence-corrected chi connectivity index (χ4v) is 5.78. The summed E-state index contributed by atoms with van der Waals surface area (Å²) in [7, 11) is 0. The average molecular weight is 622 g/mol. The lowest BCUT2D eigenvalue weighted by Gasteiger charge is -2.28. The first kappa shape index (κ1) is 29.5. The largest absolute Gasteiger partial charge is 0.413 e. The summed E-state index contributed by atoms with van der Waals surface area (Å²) >= 11 is 6.73. The highest BCUT2D eigenvalue weighted by molar-refractivity contribution is 6.35. The highest BCUT2D eigenvalue weighted by Gasteiger charge is 2.67. The van der Waals surface area contributed by atoms with Gasteiger partial charge in [0.1, 0.15) is 11.9 Å². The molecule has 6 rings (SSSR count). The van der Waals surface area contributed by atoms with E-state index in [0.717, 1.165) is 17.0 Å². The molecule has 0 bridgehead atoms. The van der Waals surface area contributed by atoms with Crippen LogP contribution in [0.4, 0.5) is 28.9 Å². The van der Waals surface area contributed by atoms with Crippen LogP contribution in [-0.4, -0.2) is 21.7 Å². The van der Waals surface area contributed by atoms with E-state index in [4.69, 9.17) is 11.6 Å². The van der Waals surface area contributed by atoms with Crippen LogP contribution in [0.25, 0.3) is 10.9 Å². The molecule has 1 saturated carbocycles. The van der Waals surface area contributed by atoms with Crippen molar-refractivity contribution in [2.45, 2.75) is 50.0 Å². The number of nitrogens with zero attached hydrogens (tertiary/aromatic N) is 3. The van der Waals surface area contributed by atoms with E-state index in [9.17, 15) is 22.8 Å². The van der Waals surface area contributed by atoms with Gasteiger partial charge in [0.2, 0.25) is 0 Å². The van der Waals surface area contributed by atoms with Crippen LogP contribution in [0, 0.1) is 17.1 Å². The van der Waals surface area contributed by atoms with E-state index in [1.807, 2.05) is 37.3 Å². The second kappa shape index (κ2) is 11.5. The third kappa shape index (κ3) is 5.47. The van der Waals surface area contributed by atoms with Crippen LogP contribution < -0.4 is 21.6 Å². The fourth-order valence-electron chi connectivity index (χ4n) is 5.51. The van der Waals surface area contributed by atoms with Crippen LogP contribution in [0.1, 0.15) is 55.0 Å². The molecule has 0 saturated heterocycles. The Morgan fingerprint density at radius 1 is 1.07 bits per heavy atom. The Labute approximate surface area is 256 Å². The van der Waals surface area contributed by atoms with Crippen molar-refractivity contribution >= 4 is 33.9 Å². The van der Waals surface area contributed by atoms with Gasteiger partial charge in [0.05, 0.1) is 39.6 Å². The molecule has 44 heavy (non-hydrogen) atoms. The van der Waals surface area contributed by atoms with Crippen molar-refractivity contribution in [3.05, 3.63) is 112 Å². The molecule has 1 aliphatic heterocycles. The minimum absolute atomic E-state index is 0.0321. The lowest BCUT2D eigenvalue weighted by Crippen LogP contribution is -2.52. The van der Waals surface area contributed by atoms with Crippen molar-refractivity contribution < 1.29 is 17.6 Å². The maximum Gasteiger partial charge on any atom is 0.413 e. The summed E-state index contributed by atoms with van der Waals surface area (Å²) in [5.74, 6) is -0.446. The number of hydrazine groups is 2. The van der Waals surface area contributed by atoms with Crippen molar-refractivity contribution in [3.8, 4) is 6.07 Å². The maximum atomic E-state index is 13.9. The number of nitrogens with one attached hydrogen (secondary N) is 4. The lowest BCUT2D eigenvalue weighted by molar-refractivity contribution is -0.195. The molecule has 226 valence electrons. The quantitative estimate of drug-likeness (QED) is 0.141. The van der Waals surface area contributed by atoms with Gasteiger partial charge in [-0.3, -0.25) is 9.99 Å². The van der Waals surface area contributed by atoms with E-state index in [2.05, 4.69) is 32.6 Å². The maximum absolute atomic E-state index is 13.9. The first-order valence-corrected chi connectivity index (χ1v) is 14.5. The first-order chi connectivity index (χ1) is 21.1. The summed E-state index contributed by atoms with van der Waals surface area (Å²) in [5.41, 5.74) is 7.44. The summed E-state index contributed by atoms with van der Waals surface area (Å²) in [6.45, 7) is 2.04. The number of rotatable bonds is 9. The normalized spacial score (nSPS) is 16.9. The zero-order valence-corrected chi connectivity index (χ0v) is 24.3. The number of anilines is 2. The summed E-state index contributed by atoms with van der Waals surface area (Å²) in [5, 5.41) is 18.8. The van der Waals surface area contributed by atoms with Gasteiger partial charge in [0, 0.05) is 23.5 Å². The van der Waals surface area contributed by atoms with Crippen molar-refractivity contribution in [2.24, 2.45) is 0 Å². The molecule has 7 nitrogen and oxygen atoms in total. The second-order valence-electron chi connectivity index (χ2n) is 10.9. The molecule has 0 radical (unpaired) electrons. The number of aromatic nitrogens is 1. The molecule has 3 aromatic carbocycles. The fraction of sp³-hybridized carbons (Fsp3) is 0.250. The molecule has 0 spiro atoms. The van der Waals surface area contributed by atoms with Gasteiger partial charge >= 0.3 is 6.18 Å². The van der Waals surface area contributed by atoms with E-state index in [1.54, 1.807) is 24.3 Å². The van der Waals surface area contributed by atoms with Gasteiger partial charge in [0.25, 0.3) is 0 Å². The Morgan fingerprint density at radius 3 is 2.43 bits per heavy atom. The Balaban J connectivity index is 1.41. The Bertz CT molecular complexity index is 1750. The molecule has 1 aromatic heterocycles. The number of nitriles is 1. The molecular weight excluding hydrogens is 594 g/mol. The molecule has 4 aromatic rings. The monoisotopic (exact) mass is 621 g/mol. The van der Waals surface area contributed by atoms with Crippen molar-refractivity contribution in [3.63, 3.8) is 0 Å². The van der Waals surface area contributed by atoms with Crippen molar-refractivity contribution in [1.82, 2.24) is 21.0 Å². The Hall–Kier alpha value is -4.53. The molecule has 1 fully saturated rings. The summed E-state index contributed by atoms with van der Waals surface area (Å²) in [6.07, 6.45) is -0.892. The topological polar surface area (TPSA) is 88.0 Å². The van der Waals surface area contributed by atoms with Gasteiger partial charge < -0.3 is 16.1 Å². The summed E-state index contributed by atoms with van der Waals surface area (Å²) < 4.78 is 55.4. The van der Waals surface area contributed by atoms with Crippen LogP contribution in [0.15, 0.2) is 84.8 Å². The number of hydrogen-bond donors (Lipinski definition) is 4. The molecule has 0 unspecified atom stereocenters. The van der Waals surface area contributed by atoms with Gasteiger partial charge in [-0.2, -0.15) is 18.4 Å². The Morgan fingerprint density at radius 2 is 1.80 bits per heavy atom. The first-order valence-electron chi connectivity index (χ1n) is 14.1. The second-order valence-corrected chi connectivity index (χ2v) is 11.3. The van der Waals surface area contributed by atoms with E-state index in [1.165, 1.54) is 24.5 Å². The molecule has 1 aliphatic carbocycles. The zero-order chi connectivity index (χ0) is 31.1. The highest BCUT2D eigenvalue weighted by atomic mass is 35.5. The van der Waals surface area contributed by atoms with Gasteiger partial charge in [0.15, 0.2) is 5.54 Å². The van der Waals surface area contributed by atoms with Gasteiger partial charge in [-0.15, -0.1) is 5.53 Å². The third-order valence-corrected chi connectivity index (χ3v) is 8.39. The summed E-state index contributed by atoms with van der Waals surface area (Å²) in [4.78, 5) is 4.44. The van der Waals surface area contributed by atoms with Crippen molar-refractivity contribution in [2.75, 3.05) is 10.6 Å². The molecule has 2 heterocycles. The van der Waals surface area contributed by atoms with E-state index in [0.29, 0.717) is 44.1 Å². The van der Waals surface area contributed by atoms with Crippen LogP contribution in [0.3, 0.4) is 0 Å². The predicted molar refractivity (Wildman–Crippen MR) is 162 cm³/mol. The number of fused-ring (bicyclic) bond motifs is 1. The van der Waals surface area contributed by atoms with E-state index >= 15 is 0 Å². The molecular formula is C32H28ClF4N7. The van der Waals surface area contributed by atoms with Crippen LogP contribution >= 0.6 is 11.6 Å². The predicted octanol–water partition coefficient (Wildman–Crippen LogP) is 7.88. The standard InChI is InChI=1S/C32H28ClF4N7/c1-2-26(19-6-4-3-5-7-19)41-28-21(16-38)17-39-30-24(28)14-23(15-25(30)33)40-29(20-8-10-22(34)11-9-20)27-18-44(43-42-27)31(12-13-31)32(35,36)37/h3-11,14-15,17-18,26,29,40,42-43H,2,12-13H2,1H3,(H,39,41)/t26-,29+/m1/s1. The molecule has 12 heteroatoms. The average Bonchev–Trinajstić information content (AvgIpc) is 3.71. The van der Waals surface area contributed by atoms with Crippen LogP contribution in [0.5, 0.6) is 0 Å². The number of benzene rings is 3. The van der Waals surface area contributed by atoms with E-state index in [-0.39, 0.29) is 18.9 Å². The molecule has 4 N–H and O–H groups in total. The van der Waals surface area contributed by atoms with Gasteiger partial charge in [-0.05, 0) is 54.7 Å².